The van der Waals surface area contributed by atoms with E-state index in [9.17, 15) is 14.4 Å². The number of nitrogens with one attached hydrogen (secondary N) is 1. The van der Waals surface area contributed by atoms with Crippen molar-refractivity contribution in [2.24, 2.45) is 0 Å². The van der Waals surface area contributed by atoms with Gasteiger partial charge < -0.3 is 25.0 Å². The van der Waals surface area contributed by atoms with Crippen LogP contribution in [-0.2, 0) is 4.79 Å². The van der Waals surface area contributed by atoms with Crippen LogP contribution >= 0.6 is 0 Å². The quantitative estimate of drug-likeness (QED) is 0.640. The Balaban J connectivity index is 2.19. The third kappa shape index (κ3) is 5.08. The van der Waals surface area contributed by atoms with E-state index in [0.717, 1.165) is 6.07 Å². The number of carboxylic acids is 2. The number of anilines is 1. The van der Waals surface area contributed by atoms with E-state index < -0.39 is 17.8 Å². The lowest BCUT2D eigenvalue weighted by Crippen LogP contribution is -2.10. The molecular weight excluding hydrogens is 354 g/mol. The molecule has 0 aliphatic heterocycles. The summed E-state index contributed by atoms with van der Waals surface area (Å²) in [7, 11) is 3.00. The van der Waals surface area contributed by atoms with E-state index in [2.05, 4.69) is 5.32 Å². The molecule has 140 valence electrons. The largest absolute Gasteiger partial charge is 0.493 e. The van der Waals surface area contributed by atoms with E-state index in [1.807, 2.05) is 0 Å². The van der Waals surface area contributed by atoms with Crippen LogP contribution in [0.3, 0.4) is 0 Å². The molecule has 0 bridgehead atoms. The van der Waals surface area contributed by atoms with Crippen LogP contribution in [0.15, 0.2) is 42.5 Å². The molecule has 2 aromatic carbocycles. The molecule has 0 fully saturated rings. The minimum absolute atomic E-state index is 0.0641. The van der Waals surface area contributed by atoms with Crippen molar-refractivity contribution in [3.63, 3.8) is 0 Å². The molecule has 8 nitrogen and oxygen atoms in total. The smallest absolute Gasteiger partial charge is 0.335 e. The monoisotopic (exact) mass is 371 g/mol. The summed E-state index contributed by atoms with van der Waals surface area (Å²) in [5, 5.41) is 20.5. The predicted molar refractivity (Wildman–Crippen MR) is 97.6 cm³/mol. The molecular formula is C19H17NO7. The lowest BCUT2D eigenvalue weighted by atomic mass is 10.1. The number of amides is 1. The second-order valence-corrected chi connectivity index (χ2v) is 5.35. The molecule has 0 heterocycles. The number of rotatable bonds is 7. The molecule has 0 radical (unpaired) electrons. The Bertz CT molecular complexity index is 886. The van der Waals surface area contributed by atoms with Crippen LogP contribution in [0.5, 0.6) is 11.5 Å². The summed E-state index contributed by atoms with van der Waals surface area (Å²) in [5.41, 5.74) is 0.255. The van der Waals surface area contributed by atoms with Gasteiger partial charge in [0.05, 0.1) is 25.3 Å². The Morgan fingerprint density at radius 1 is 0.889 bits per heavy atom. The number of hydrogen-bond donors (Lipinski definition) is 3. The van der Waals surface area contributed by atoms with E-state index in [4.69, 9.17) is 19.7 Å². The second-order valence-electron chi connectivity index (χ2n) is 5.35. The molecule has 0 aliphatic carbocycles. The third-order valence-corrected chi connectivity index (χ3v) is 3.53. The zero-order valence-corrected chi connectivity index (χ0v) is 14.6. The fraction of sp³-hybridized carbons (Fsp3) is 0.105. The number of aromatic carboxylic acids is 2. The van der Waals surface area contributed by atoms with E-state index in [-0.39, 0.29) is 16.8 Å². The molecule has 0 atom stereocenters. The molecule has 0 spiro atoms. The maximum Gasteiger partial charge on any atom is 0.335 e. The maximum absolute atomic E-state index is 12.1. The van der Waals surface area contributed by atoms with Crippen molar-refractivity contribution in [1.29, 1.82) is 0 Å². The van der Waals surface area contributed by atoms with E-state index >= 15 is 0 Å². The number of hydrogen-bond acceptors (Lipinski definition) is 5. The summed E-state index contributed by atoms with van der Waals surface area (Å²) in [6, 6.07) is 8.45. The Kier molecular flexibility index (Phi) is 6.16. The zero-order chi connectivity index (χ0) is 20.0. The van der Waals surface area contributed by atoms with Gasteiger partial charge in [-0.3, -0.25) is 4.79 Å². The van der Waals surface area contributed by atoms with Crippen molar-refractivity contribution in [2.45, 2.75) is 0 Å². The highest BCUT2D eigenvalue weighted by atomic mass is 16.5. The number of carbonyl (C=O) groups is 3. The fourth-order valence-corrected chi connectivity index (χ4v) is 2.26. The first kappa shape index (κ1) is 19.5. The number of carbonyl (C=O) groups excluding carboxylic acids is 1. The van der Waals surface area contributed by atoms with Gasteiger partial charge >= 0.3 is 11.9 Å². The molecule has 0 saturated carbocycles. The van der Waals surface area contributed by atoms with Crippen LogP contribution in [0.2, 0.25) is 0 Å². The zero-order valence-electron chi connectivity index (χ0n) is 14.6. The molecule has 0 aliphatic rings. The van der Waals surface area contributed by atoms with E-state index in [1.54, 1.807) is 18.2 Å². The summed E-state index contributed by atoms with van der Waals surface area (Å²) in [6.45, 7) is 0. The third-order valence-electron chi connectivity index (χ3n) is 3.53. The summed E-state index contributed by atoms with van der Waals surface area (Å²) in [5.74, 6) is -2.10. The van der Waals surface area contributed by atoms with Crippen LogP contribution < -0.4 is 14.8 Å². The Morgan fingerprint density at radius 3 is 2.00 bits per heavy atom. The van der Waals surface area contributed by atoms with Gasteiger partial charge in [-0.25, -0.2) is 9.59 Å². The first-order chi connectivity index (χ1) is 12.8. The van der Waals surface area contributed by atoms with Crippen LogP contribution in [0.25, 0.3) is 6.08 Å². The lowest BCUT2D eigenvalue weighted by molar-refractivity contribution is -0.111. The molecule has 0 saturated heterocycles. The maximum atomic E-state index is 12.1. The van der Waals surface area contributed by atoms with Crippen LogP contribution in [0.4, 0.5) is 5.69 Å². The number of methoxy groups -OCH3 is 2. The molecule has 3 N–H and O–H groups in total. The van der Waals surface area contributed by atoms with Gasteiger partial charge in [-0.05, 0) is 42.0 Å². The lowest BCUT2D eigenvalue weighted by Gasteiger charge is -2.08. The molecule has 27 heavy (non-hydrogen) atoms. The second kappa shape index (κ2) is 8.52. The van der Waals surface area contributed by atoms with Crippen molar-refractivity contribution in [3.05, 3.63) is 59.2 Å². The molecule has 1 amide bonds. The van der Waals surface area contributed by atoms with Gasteiger partial charge in [0.1, 0.15) is 0 Å². The van der Waals surface area contributed by atoms with E-state index in [0.29, 0.717) is 17.1 Å². The van der Waals surface area contributed by atoms with Crippen LogP contribution in [0.1, 0.15) is 26.3 Å². The number of carboxylic acid groups (broad SMARTS) is 2. The topological polar surface area (TPSA) is 122 Å². The van der Waals surface area contributed by atoms with Crippen LogP contribution in [-0.4, -0.2) is 42.3 Å². The highest BCUT2D eigenvalue weighted by molar-refractivity contribution is 6.04. The summed E-state index contributed by atoms with van der Waals surface area (Å²) >= 11 is 0. The minimum Gasteiger partial charge on any atom is -0.493 e. The van der Waals surface area contributed by atoms with Crippen molar-refractivity contribution in [1.82, 2.24) is 0 Å². The number of ether oxygens (including phenoxy) is 2. The Morgan fingerprint density at radius 2 is 1.48 bits per heavy atom. The van der Waals surface area contributed by atoms with Crippen molar-refractivity contribution in [2.75, 3.05) is 19.5 Å². The molecule has 0 aromatic heterocycles. The van der Waals surface area contributed by atoms with Crippen molar-refractivity contribution in [3.8, 4) is 11.5 Å². The predicted octanol–water partition coefficient (Wildman–Crippen LogP) is 2.75. The van der Waals surface area contributed by atoms with Gasteiger partial charge in [0.2, 0.25) is 5.91 Å². The standard InChI is InChI=1S/C19H17NO7/c1-26-15-5-3-11(7-16(15)27-2)4-6-17(21)20-14-9-12(18(22)23)8-13(10-14)19(24)25/h3-10H,1-2H3,(H,20,21)(H,22,23)(H,24,25)/b6-4+. The highest BCUT2D eigenvalue weighted by Gasteiger charge is 2.12. The summed E-state index contributed by atoms with van der Waals surface area (Å²) in [6.07, 6.45) is 2.76. The van der Waals surface area contributed by atoms with E-state index in [1.165, 1.54) is 38.5 Å². The average Bonchev–Trinajstić information content (AvgIpc) is 2.65. The van der Waals surface area contributed by atoms with Gasteiger partial charge in [0, 0.05) is 11.8 Å². The first-order valence-electron chi connectivity index (χ1n) is 7.67. The normalized spacial score (nSPS) is 10.4. The van der Waals surface area contributed by atoms with Crippen molar-refractivity contribution >= 4 is 29.6 Å². The van der Waals surface area contributed by atoms with Gasteiger partial charge in [-0.15, -0.1) is 0 Å². The van der Waals surface area contributed by atoms with Gasteiger partial charge in [0.15, 0.2) is 11.5 Å². The summed E-state index contributed by atoms with van der Waals surface area (Å²) < 4.78 is 10.3. The fourth-order valence-electron chi connectivity index (χ4n) is 2.26. The molecule has 0 unspecified atom stereocenters. The SMILES string of the molecule is COc1ccc(/C=C/C(=O)Nc2cc(C(=O)O)cc(C(=O)O)c2)cc1OC. The average molecular weight is 371 g/mol. The Labute approximate surface area is 154 Å². The van der Waals surface area contributed by atoms with Gasteiger partial charge in [-0.1, -0.05) is 6.07 Å². The van der Waals surface area contributed by atoms with Crippen LogP contribution in [0, 0.1) is 0 Å². The first-order valence-corrected chi connectivity index (χ1v) is 7.67. The number of benzene rings is 2. The molecule has 2 rings (SSSR count). The Hall–Kier alpha value is -3.81. The summed E-state index contributed by atoms with van der Waals surface area (Å²) in [4.78, 5) is 34.3. The molecule has 2 aromatic rings. The highest BCUT2D eigenvalue weighted by Crippen LogP contribution is 2.28. The molecule has 8 heteroatoms. The van der Waals surface area contributed by atoms with Crippen molar-refractivity contribution < 1.29 is 34.1 Å². The van der Waals surface area contributed by atoms with Gasteiger partial charge in [0.25, 0.3) is 0 Å². The minimum atomic E-state index is -1.30. The van der Waals surface area contributed by atoms with Gasteiger partial charge in [-0.2, -0.15) is 0 Å².